The van der Waals surface area contributed by atoms with Crippen LogP contribution in [0.25, 0.3) is 0 Å². The van der Waals surface area contributed by atoms with Gasteiger partial charge in [-0.25, -0.2) is 0 Å². The normalized spacial score (nSPS) is 34.1. The summed E-state index contributed by atoms with van der Waals surface area (Å²) in [7, 11) is 0. The molecule has 0 radical (unpaired) electrons. The van der Waals surface area contributed by atoms with Crippen LogP contribution in [0.4, 0.5) is 0 Å². The van der Waals surface area contributed by atoms with Crippen molar-refractivity contribution in [3.05, 3.63) is 0 Å². The van der Waals surface area contributed by atoms with Gasteiger partial charge in [-0.1, -0.05) is 19.3 Å². The minimum absolute atomic E-state index is 0.800. The summed E-state index contributed by atoms with van der Waals surface area (Å²) >= 11 is 0. The maximum atomic E-state index is 3.80. The van der Waals surface area contributed by atoms with Crippen molar-refractivity contribution in [2.24, 2.45) is 5.92 Å². The third-order valence-corrected chi connectivity index (χ3v) is 5.18. The SMILES string of the molecule is CC(C1CCCCC1)N1CCC(NC2CC2)C1. The lowest BCUT2D eigenvalue weighted by Gasteiger charge is -2.34. The zero-order chi connectivity index (χ0) is 11.7. The molecule has 0 spiro atoms. The second-order valence-electron chi connectivity index (χ2n) is 6.56. The van der Waals surface area contributed by atoms with Gasteiger partial charge in [0.2, 0.25) is 0 Å². The zero-order valence-electron chi connectivity index (χ0n) is 11.3. The fourth-order valence-corrected chi connectivity index (χ4v) is 3.79. The van der Waals surface area contributed by atoms with E-state index in [2.05, 4.69) is 17.1 Å². The van der Waals surface area contributed by atoms with E-state index in [1.54, 1.807) is 0 Å². The molecule has 0 amide bonds. The molecule has 2 saturated carbocycles. The molecule has 2 aliphatic carbocycles. The number of hydrogen-bond donors (Lipinski definition) is 1. The number of likely N-dealkylation sites (tertiary alicyclic amines) is 1. The third kappa shape index (κ3) is 3.03. The van der Waals surface area contributed by atoms with E-state index in [1.165, 1.54) is 64.5 Å². The fraction of sp³-hybridized carbons (Fsp3) is 1.00. The van der Waals surface area contributed by atoms with Crippen LogP contribution in [-0.2, 0) is 0 Å². The van der Waals surface area contributed by atoms with Crippen LogP contribution in [0, 0.1) is 5.92 Å². The fourth-order valence-electron chi connectivity index (χ4n) is 3.79. The first-order valence-corrected chi connectivity index (χ1v) is 7.83. The molecule has 2 atom stereocenters. The van der Waals surface area contributed by atoms with Crippen LogP contribution < -0.4 is 5.32 Å². The van der Waals surface area contributed by atoms with E-state index in [9.17, 15) is 0 Å². The summed E-state index contributed by atoms with van der Waals surface area (Å²) in [6.07, 6.45) is 11.6. The first-order chi connectivity index (χ1) is 8.33. The van der Waals surface area contributed by atoms with Crippen LogP contribution in [0.2, 0.25) is 0 Å². The third-order valence-electron chi connectivity index (χ3n) is 5.18. The molecule has 0 aromatic heterocycles. The molecule has 0 bridgehead atoms. The standard InChI is InChI=1S/C15H28N2/c1-12(13-5-3-2-4-6-13)17-10-9-15(11-17)16-14-7-8-14/h12-16H,2-11H2,1H3. The van der Waals surface area contributed by atoms with Gasteiger partial charge in [-0.15, -0.1) is 0 Å². The van der Waals surface area contributed by atoms with Gasteiger partial charge in [0.05, 0.1) is 0 Å². The van der Waals surface area contributed by atoms with Gasteiger partial charge in [-0.2, -0.15) is 0 Å². The van der Waals surface area contributed by atoms with Crippen molar-refractivity contribution in [1.82, 2.24) is 10.2 Å². The average molecular weight is 236 g/mol. The molecule has 1 N–H and O–H groups in total. The summed E-state index contributed by atoms with van der Waals surface area (Å²) in [6, 6.07) is 2.51. The minimum atomic E-state index is 0.800. The molecule has 1 saturated heterocycles. The van der Waals surface area contributed by atoms with Crippen molar-refractivity contribution in [2.45, 2.75) is 76.4 Å². The zero-order valence-corrected chi connectivity index (χ0v) is 11.3. The van der Waals surface area contributed by atoms with Crippen molar-refractivity contribution in [1.29, 1.82) is 0 Å². The Morgan fingerprint density at radius 1 is 0.941 bits per heavy atom. The highest BCUT2D eigenvalue weighted by atomic mass is 15.2. The molecule has 3 aliphatic rings. The first kappa shape index (κ1) is 12.0. The minimum Gasteiger partial charge on any atom is -0.310 e. The van der Waals surface area contributed by atoms with E-state index in [1.807, 2.05) is 0 Å². The summed E-state index contributed by atoms with van der Waals surface area (Å²) in [5, 5.41) is 3.80. The molecule has 98 valence electrons. The van der Waals surface area contributed by atoms with Crippen molar-refractivity contribution >= 4 is 0 Å². The second-order valence-corrected chi connectivity index (χ2v) is 6.56. The van der Waals surface area contributed by atoms with Gasteiger partial charge in [-0.3, -0.25) is 4.90 Å². The van der Waals surface area contributed by atoms with Crippen LogP contribution in [-0.4, -0.2) is 36.1 Å². The molecule has 2 nitrogen and oxygen atoms in total. The van der Waals surface area contributed by atoms with E-state index in [0.717, 1.165) is 24.0 Å². The van der Waals surface area contributed by atoms with E-state index in [-0.39, 0.29) is 0 Å². The van der Waals surface area contributed by atoms with Crippen LogP contribution in [0.1, 0.15) is 58.3 Å². The van der Waals surface area contributed by atoms with Gasteiger partial charge >= 0.3 is 0 Å². The van der Waals surface area contributed by atoms with E-state index < -0.39 is 0 Å². The van der Waals surface area contributed by atoms with Crippen LogP contribution in [0.5, 0.6) is 0 Å². The Kier molecular flexibility index (Phi) is 3.72. The summed E-state index contributed by atoms with van der Waals surface area (Å²) in [4.78, 5) is 2.76. The smallest absolute Gasteiger partial charge is 0.0209 e. The molecule has 2 unspecified atom stereocenters. The van der Waals surface area contributed by atoms with Crippen molar-refractivity contribution < 1.29 is 0 Å². The maximum Gasteiger partial charge on any atom is 0.0209 e. The molecular formula is C15H28N2. The Hall–Kier alpha value is -0.0800. The van der Waals surface area contributed by atoms with E-state index >= 15 is 0 Å². The highest BCUT2D eigenvalue weighted by molar-refractivity contribution is 4.92. The first-order valence-electron chi connectivity index (χ1n) is 7.83. The quantitative estimate of drug-likeness (QED) is 0.807. The van der Waals surface area contributed by atoms with Crippen LogP contribution in [0.3, 0.4) is 0 Å². The Morgan fingerprint density at radius 3 is 2.41 bits per heavy atom. The van der Waals surface area contributed by atoms with Crippen LogP contribution >= 0.6 is 0 Å². The van der Waals surface area contributed by atoms with Crippen molar-refractivity contribution in [3.63, 3.8) is 0 Å². The summed E-state index contributed by atoms with van der Waals surface area (Å²) in [5.41, 5.74) is 0. The molecule has 0 aromatic rings. The van der Waals surface area contributed by atoms with Gasteiger partial charge in [0, 0.05) is 31.2 Å². The molecular weight excluding hydrogens is 208 g/mol. The Labute approximate surface area is 106 Å². The topological polar surface area (TPSA) is 15.3 Å². The molecule has 1 aliphatic heterocycles. The molecule has 1 heterocycles. The Bertz CT molecular complexity index is 243. The highest BCUT2D eigenvalue weighted by Gasteiger charge is 2.33. The maximum absolute atomic E-state index is 3.80. The van der Waals surface area contributed by atoms with Gasteiger partial charge < -0.3 is 5.32 Å². The van der Waals surface area contributed by atoms with Gasteiger partial charge in [0.1, 0.15) is 0 Å². The monoisotopic (exact) mass is 236 g/mol. The molecule has 2 heteroatoms. The predicted molar refractivity (Wildman–Crippen MR) is 72.2 cm³/mol. The van der Waals surface area contributed by atoms with Crippen molar-refractivity contribution in [3.8, 4) is 0 Å². The highest BCUT2D eigenvalue weighted by Crippen LogP contribution is 2.31. The average Bonchev–Trinajstić information content (AvgIpc) is 3.06. The molecule has 0 aromatic carbocycles. The van der Waals surface area contributed by atoms with E-state index in [0.29, 0.717) is 0 Å². The molecule has 3 fully saturated rings. The Balaban J connectivity index is 1.46. The number of nitrogens with one attached hydrogen (secondary N) is 1. The lowest BCUT2D eigenvalue weighted by atomic mass is 9.84. The van der Waals surface area contributed by atoms with E-state index in [4.69, 9.17) is 0 Å². The lowest BCUT2D eigenvalue weighted by Crippen LogP contribution is -2.40. The predicted octanol–water partition coefficient (Wildman–Crippen LogP) is 2.78. The summed E-state index contributed by atoms with van der Waals surface area (Å²) in [5.74, 6) is 0.989. The molecule has 3 rings (SSSR count). The van der Waals surface area contributed by atoms with Crippen molar-refractivity contribution in [2.75, 3.05) is 13.1 Å². The number of hydrogen-bond acceptors (Lipinski definition) is 2. The Morgan fingerprint density at radius 2 is 1.71 bits per heavy atom. The summed E-state index contributed by atoms with van der Waals surface area (Å²) in [6.45, 7) is 5.13. The van der Waals surface area contributed by atoms with Gasteiger partial charge in [-0.05, 0) is 44.9 Å². The van der Waals surface area contributed by atoms with Crippen LogP contribution in [0.15, 0.2) is 0 Å². The molecule has 17 heavy (non-hydrogen) atoms. The number of rotatable bonds is 4. The second kappa shape index (κ2) is 5.27. The summed E-state index contributed by atoms with van der Waals surface area (Å²) < 4.78 is 0. The number of nitrogens with zero attached hydrogens (tertiary/aromatic N) is 1. The largest absolute Gasteiger partial charge is 0.310 e. The van der Waals surface area contributed by atoms with Gasteiger partial charge in [0.25, 0.3) is 0 Å². The van der Waals surface area contributed by atoms with Gasteiger partial charge in [0.15, 0.2) is 0 Å². The lowest BCUT2D eigenvalue weighted by molar-refractivity contribution is 0.154.